The molecule has 0 saturated heterocycles. The standard InChI is InChI=1S/C10H11N5O2/c1-5-13-14-9(15(5)6-2-3-6)7-8(10(16)17)12-4-11-7/h4,6H,2-3H2,1H3,(H,11,12)(H,16,17). The summed E-state index contributed by atoms with van der Waals surface area (Å²) in [6.45, 7) is 1.86. The molecule has 1 aliphatic carbocycles. The van der Waals surface area contributed by atoms with Crippen LogP contribution in [-0.4, -0.2) is 35.8 Å². The van der Waals surface area contributed by atoms with E-state index in [1.54, 1.807) is 0 Å². The van der Waals surface area contributed by atoms with E-state index in [1.807, 2.05) is 11.5 Å². The second kappa shape index (κ2) is 3.41. The third kappa shape index (κ3) is 1.50. The lowest BCUT2D eigenvalue weighted by molar-refractivity contribution is 0.0692. The van der Waals surface area contributed by atoms with Crippen LogP contribution in [-0.2, 0) is 0 Å². The van der Waals surface area contributed by atoms with E-state index in [4.69, 9.17) is 5.11 Å². The molecule has 0 unspecified atom stereocenters. The molecule has 0 spiro atoms. The van der Waals surface area contributed by atoms with E-state index in [-0.39, 0.29) is 5.69 Å². The zero-order valence-electron chi connectivity index (χ0n) is 9.21. The van der Waals surface area contributed by atoms with Crippen LogP contribution < -0.4 is 0 Å². The van der Waals surface area contributed by atoms with Gasteiger partial charge in [0.1, 0.15) is 11.5 Å². The fourth-order valence-electron chi connectivity index (χ4n) is 1.93. The van der Waals surface area contributed by atoms with E-state index in [2.05, 4.69) is 20.2 Å². The molecule has 2 aromatic heterocycles. The van der Waals surface area contributed by atoms with Gasteiger partial charge in [0.25, 0.3) is 0 Å². The summed E-state index contributed by atoms with van der Waals surface area (Å²) in [5, 5.41) is 17.1. The number of nitrogens with one attached hydrogen (secondary N) is 1. The molecule has 1 aliphatic rings. The number of H-pyrrole nitrogens is 1. The van der Waals surface area contributed by atoms with Crippen molar-refractivity contribution in [3.8, 4) is 11.5 Å². The largest absolute Gasteiger partial charge is 0.477 e. The summed E-state index contributed by atoms with van der Waals surface area (Å²) in [7, 11) is 0. The molecule has 0 amide bonds. The van der Waals surface area contributed by atoms with Gasteiger partial charge in [-0.25, -0.2) is 9.78 Å². The van der Waals surface area contributed by atoms with Gasteiger partial charge in [-0.1, -0.05) is 0 Å². The van der Waals surface area contributed by atoms with Crippen molar-refractivity contribution in [2.45, 2.75) is 25.8 Å². The number of nitrogens with zero attached hydrogens (tertiary/aromatic N) is 4. The quantitative estimate of drug-likeness (QED) is 0.824. The molecule has 2 aromatic rings. The number of carboxylic acids is 1. The van der Waals surface area contributed by atoms with Crippen molar-refractivity contribution in [3.05, 3.63) is 17.8 Å². The molecule has 0 radical (unpaired) electrons. The minimum atomic E-state index is -1.04. The first-order valence-corrected chi connectivity index (χ1v) is 5.37. The number of hydrogen-bond acceptors (Lipinski definition) is 4. The molecule has 0 bridgehead atoms. The third-order valence-electron chi connectivity index (χ3n) is 2.84. The SMILES string of the molecule is Cc1nnc(-c2nc[nH]c2C(=O)O)n1C1CC1. The molecule has 2 heterocycles. The summed E-state index contributed by atoms with van der Waals surface area (Å²) >= 11 is 0. The summed E-state index contributed by atoms with van der Waals surface area (Å²) in [4.78, 5) is 17.7. The molecular formula is C10H11N5O2. The first-order chi connectivity index (χ1) is 8.18. The highest BCUT2D eigenvalue weighted by Gasteiger charge is 2.30. The minimum absolute atomic E-state index is 0.0549. The van der Waals surface area contributed by atoms with E-state index < -0.39 is 5.97 Å². The van der Waals surface area contributed by atoms with E-state index in [9.17, 15) is 4.79 Å². The van der Waals surface area contributed by atoms with Gasteiger partial charge in [-0.3, -0.25) is 0 Å². The van der Waals surface area contributed by atoms with Crippen LogP contribution in [0.5, 0.6) is 0 Å². The average Bonchev–Trinajstić information content (AvgIpc) is 2.87. The molecule has 0 aromatic carbocycles. The van der Waals surface area contributed by atoms with Crippen LogP contribution in [0.25, 0.3) is 11.5 Å². The lowest BCUT2D eigenvalue weighted by Crippen LogP contribution is -2.05. The van der Waals surface area contributed by atoms with Gasteiger partial charge in [-0.15, -0.1) is 10.2 Å². The van der Waals surface area contributed by atoms with Crippen molar-refractivity contribution in [3.63, 3.8) is 0 Å². The molecule has 0 aliphatic heterocycles. The highest BCUT2D eigenvalue weighted by Crippen LogP contribution is 2.38. The Labute approximate surface area is 96.5 Å². The number of aryl methyl sites for hydroxylation is 1. The van der Waals surface area contributed by atoms with E-state index in [0.717, 1.165) is 18.7 Å². The van der Waals surface area contributed by atoms with Gasteiger partial charge in [-0.05, 0) is 19.8 Å². The Morgan fingerprint density at radius 2 is 2.29 bits per heavy atom. The van der Waals surface area contributed by atoms with Crippen LogP contribution in [0.15, 0.2) is 6.33 Å². The van der Waals surface area contributed by atoms with Crippen LogP contribution in [0, 0.1) is 6.92 Å². The topological polar surface area (TPSA) is 96.7 Å². The van der Waals surface area contributed by atoms with E-state index >= 15 is 0 Å². The van der Waals surface area contributed by atoms with Crippen molar-refractivity contribution in [1.82, 2.24) is 24.7 Å². The monoisotopic (exact) mass is 233 g/mol. The maximum Gasteiger partial charge on any atom is 0.354 e. The lowest BCUT2D eigenvalue weighted by Gasteiger charge is -2.04. The molecule has 3 rings (SSSR count). The molecular weight excluding hydrogens is 222 g/mol. The predicted molar refractivity (Wildman–Crippen MR) is 57.6 cm³/mol. The number of imidazole rings is 1. The Balaban J connectivity index is 2.15. The number of carboxylic acid groups (broad SMARTS) is 1. The summed E-state index contributed by atoms with van der Waals surface area (Å²) in [5.41, 5.74) is 0.407. The van der Waals surface area contributed by atoms with Crippen molar-refractivity contribution in [1.29, 1.82) is 0 Å². The van der Waals surface area contributed by atoms with E-state index in [1.165, 1.54) is 6.33 Å². The Bertz CT molecular complexity index is 581. The fourth-order valence-corrected chi connectivity index (χ4v) is 1.93. The van der Waals surface area contributed by atoms with Crippen LogP contribution in [0.4, 0.5) is 0 Å². The molecule has 17 heavy (non-hydrogen) atoms. The molecule has 0 atom stereocenters. The second-order valence-corrected chi connectivity index (χ2v) is 4.10. The van der Waals surface area contributed by atoms with Gasteiger partial charge in [0.15, 0.2) is 11.5 Å². The third-order valence-corrected chi connectivity index (χ3v) is 2.84. The van der Waals surface area contributed by atoms with Crippen molar-refractivity contribution in [2.75, 3.05) is 0 Å². The van der Waals surface area contributed by atoms with Gasteiger partial charge in [-0.2, -0.15) is 0 Å². The summed E-state index contributed by atoms with van der Waals surface area (Å²) in [6, 6.07) is 0.387. The van der Waals surface area contributed by atoms with Crippen LogP contribution in [0.1, 0.15) is 35.2 Å². The lowest BCUT2D eigenvalue weighted by atomic mass is 10.3. The molecule has 2 N–H and O–H groups in total. The Kier molecular flexibility index (Phi) is 2.01. The zero-order chi connectivity index (χ0) is 12.0. The first-order valence-electron chi connectivity index (χ1n) is 5.37. The number of hydrogen-bond donors (Lipinski definition) is 2. The van der Waals surface area contributed by atoms with Crippen molar-refractivity contribution < 1.29 is 9.90 Å². The van der Waals surface area contributed by atoms with Crippen LogP contribution >= 0.6 is 0 Å². The average molecular weight is 233 g/mol. The molecule has 7 heteroatoms. The smallest absolute Gasteiger partial charge is 0.354 e. The molecule has 1 saturated carbocycles. The minimum Gasteiger partial charge on any atom is -0.477 e. The number of aromatic carboxylic acids is 1. The number of carbonyl (C=O) groups is 1. The maximum atomic E-state index is 11.0. The van der Waals surface area contributed by atoms with Crippen LogP contribution in [0.3, 0.4) is 0 Å². The molecule has 7 nitrogen and oxygen atoms in total. The van der Waals surface area contributed by atoms with Crippen molar-refractivity contribution in [2.24, 2.45) is 0 Å². The maximum absolute atomic E-state index is 11.0. The summed E-state index contributed by atoms with van der Waals surface area (Å²) in [6.07, 6.45) is 3.53. The Morgan fingerprint density at radius 3 is 2.94 bits per heavy atom. The summed E-state index contributed by atoms with van der Waals surface area (Å²) < 4.78 is 1.96. The Hall–Kier alpha value is -2.18. The highest BCUT2D eigenvalue weighted by atomic mass is 16.4. The molecule has 1 fully saturated rings. The van der Waals surface area contributed by atoms with Gasteiger partial charge in [0.2, 0.25) is 0 Å². The fraction of sp³-hybridized carbons (Fsp3) is 0.400. The number of aromatic nitrogens is 5. The summed E-state index contributed by atoms with van der Waals surface area (Å²) in [5.74, 6) is 0.283. The van der Waals surface area contributed by atoms with Gasteiger partial charge < -0.3 is 14.7 Å². The van der Waals surface area contributed by atoms with Crippen molar-refractivity contribution >= 4 is 5.97 Å². The predicted octanol–water partition coefficient (Wildman–Crippen LogP) is 1.01. The zero-order valence-corrected chi connectivity index (χ0v) is 9.21. The Morgan fingerprint density at radius 1 is 1.53 bits per heavy atom. The number of rotatable bonds is 3. The highest BCUT2D eigenvalue weighted by molar-refractivity contribution is 5.91. The molecule has 88 valence electrons. The first kappa shape index (κ1) is 10.0. The van der Waals surface area contributed by atoms with Crippen LogP contribution in [0.2, 0.25) is 0 Å². The normalized spacial score (nSPS) is 15.1. The van der Waals surface area contributed by atoms with Gasteiger partial charge >= 0.3 is 5.97 Å². The van der Waals surface area contributed by atoms with Gasteiger partial charge in [0, 0.05) is 6.04 Å². The van der Waals surface area contributed by atoms with E-state index in [0.29, 0.717) is 17.6 Å². The second-order valence-electron chi connectivity index (χ2n) is 4.10. The number of aromatic amines is 1. The van der Waals surface area contributed by atoms with Gasteiger partial charge in [0.05, 0.1) is 6.33 Å².